The number of aryl methyl sites for hydroxylation is 1. The number of benzene rings is 1. The van der Waals surface area contributed by atoms with Gasteiger partial charge in [-0.25, -0.2) is 4.39 Å². The first-order valence-electron chi connectivity index (χ1n) is 6.55. The predicted molar refractivity (Wildman–Crippen MR) is 73.3 cm³/mol. The van der Waals surface area contributed by atoms with Crippen LogP contribution in [0.15, 0.2) is 18.2 Å². The van der Waals surface area contributed by atoms with E-state index in [2.05, 4.69) is 5.32 Å². The van der Waals surface area contributed by atoms with E-state index in [9.17, 15) is 4.39 Å². The summed E-state index contributed by atoms with van der Waals surface area (Å²) in [6, 6.07) is 5.05. The Morgan fingerprint density at radius 3 is 2.56 bits per heavy atom. The minimum Gasteiger partial charge on any atom is -0.374 e. The summed E-state index contributed by atoms with van der Waals surface area (Å²) >= 11 is 0. The Balaban J connectivity index is 3.14. The Labute approximate surface area is 110 Å². The Morgan fingerprint density at radius 2 is 2.00 bits per heavy atom. The molecule has 1 atom stereocenters. The van der Waals surface area contributed by atoms with Crippen LogP contribution in [-0.2, 0) is 4.74 Å². The number of hydrogen-bond acceptors (Lipinski definition) is 2. The Morgan fingerprint density at radius 1 is 1.33 bits per heavy atom. The fraction of sp³-hybridized carbons (Fsp3) is 0.600. The van der Waals surface area contributed by atoms with Gasteiger partial charge in [-0.05, 0) is 40.3 Å². The first-order valence-corrected chi connectivity index (χ1v) is 6.55. The number of likely N-dealkylation sites (N-methyl/N-ethyl adjacent to an activating group) is 1. The molecule has 1 aromatic carbocycles. The summed E-state index contributed by atoms with van der Waals surface area (Å²) in [7, 11) is 0. The molecule has 102 valence electrons. The molecule has 1 unspecified atom stereocenters. The van der Waals surface area contributed by atoms with Gasteiger partial charge in [0, 0.05) is 12.2 Å². The van der Waals surface area contributed by atoms with Crippen molar-refractivity contribution in [3.05, 3.63) is 35.1 Å². The molecule has 0 aromatic heterocycles. The van der Waals surface area contributed by atoms with Crippen LogP contribution in [0, 0.1) is 12.7 Å². The SMILES string of the molecule is CCNC(c1cc(C)ccc1F)C(C)(C)OCC. The van der Waals surface area contributed by atoms with Gasteiger partial charge in [0.15, 0.2) is 0 Å². The molecule has 1 aromatic rings. The molecule has 1 rings (SSSR count). The second kappa shape index (κ2) is 6.30. The van der Waals surface area contributed by atoms with Gasteiger partial charge in [-0.15, -0.1) is 0 Å². The molecule has 18 heavy (non-hydrogen) atoms. The topological polar surface area (TPSA) is 21.3 Å². The Hall–Kier alpha value is -0.930. The molecule has 0 heterocycles. The lowest BCUT2D eigenvalue weighted by molar-refractivity contribution is -0.0396. The molecule has 0 aliphatic carbocycles. The lowest BCUT2D eigenvalue weighted by Crippen LogP contribution is -2.42. The largest absolute Gasteiger partial charge is 0.374 e. The van der Waals surface area contributed by atoms with Gasteiger partial charge in [-0.3, -0.25) is 0 Å². The fourth-order valence-electron chi connectivity index (χ4n) is 2.27. The van der Waals surface area contributed by atoms with E-state index in [0.29, 0.717) is 12.2 Å². The minimum atomic E-state index is -0.445. The van der Waals surface area contributed by atoms with Crippen molar-refractivity contribution in [2.45, 2.75) is 46.3 Å². The van der Waals surface area contributed by atoms with Crippen molar-refractivity contribution in [3.63, 3.8) is 0 Å². The molecule has 1 N–H and O–H groups in total. The zero-order chi connectivity index (χ0) is 13.8. The van der Waals surface area contributed by atoms with E-state index in [1.54, 1.807) is 6.07 Å². The zero-order valence-electron chi connectivity index (χ0n) is 12.0. The van der Waals surface area contributed by atoms with Crippen LogP contribution in [-0.4, -0.2) is 18.8 Å². The summed E-state index contributed by atoms with van der Waals surface area (Å²) in [6.07, 6.45) is 0. The molecule has 0 radical (unpaired) electrons. The summed E-state index contributed by atoms with van der Waals surface area (Å²) in [5, 5.41) is 3.33. The number of hydrogen-bond donors (Lipinski definition) is 1. The van der Waals surface area contributed by atoms with E-state index in [1.807, 2.05) is 40.7 Å². The lowest BCUT2D eigenvalue weighted by atomic mass is 9.90. The van der Waals surface area contributed by atoms with E-state index >= 15 is 0 Å². The van der Waals surface area contributed by atoms with Gasteiger partial charge in [0.05, 0.1) is 11.6 Å². The Kier molecular flexibility index (Phi) is 5.29. The average Bonchev–Trinajstić information content (AvgIpc) is 2.29. The van der Waals surface area contributed by atoms with Gasteiger partial charge in [-0.2, -0.15) is 0 Å². The van der Waals surface area contributed by atoms with Crippen molar-refractivity contribution in [2.24, 2.45) is 0 Å². The third kappa shape index (κ3) is 3.53. The normalized spacial score (nSPS) is 13.7. The van der Waals surface area contributed by atoms with Crippen LogP contribution in [0.1, 0.15) is 44.9 Å². The van der Waals surface area contributed by atoms with Gasteiger partial charge in [0.25, 0.3) is 0 Å². The zero-order valence-corrected chi connectivity index (χ0v) is 12.0. The molecular weight excluding hydrogens is 229 g/mol. The third-order valence-corrected chi connectivity index (χ3v) is 3.08. The molecule has 0 fully saturated rings. The van der Waals surface area contributed by atoms with Gasteiger partial charge in [0.2, 0.25) is 0 Å². The van der Waals surface area contributed by atoms with Crippen LogP contribution < -0.4 is 5.32 Å². The maximum Gasteiger partial charge on any atom is 0.128 e. The number of rotatable bonds is 6. The average molecular weight is 253 g/mol. The molecule has 0 aliphatic rings. The minimum absolute atomic E-state index is 0.151. The van der Waals surface area contributed by atoms with E-state index in [1.165, 1.54) is 6.07 Å². The highest BCUT2D eigenvalue weighted by Crippen LogP contribution is 2.31. The molecule has 2 nitrogen and oxygen atoms in total. The standard InChI is InChI=1S/C15H24FNO/c1-6-17-14(15(4,5)18-7-2)12-10-11(3)8-9-13(12)16/h8-10,14,17H,6-7H2,1-5H3. The van der Waals surface area contributed by atoms with E-state index < -0.39 is 5.60 Å². The molecule has 0 spiro atoms. The van der Waals surface area contributed by atoms with Crippen molar-refractivity contribution in [1.82, 2.24) is 5.32 Å². The van der Waals surface area contributed by atoms with Crippen molar-refractivity contribution in [3.8, 4) is 0 Å². The molecule has 0 amide bonds. The smallest absolute Gasteiger partial charge is 0.128 e. The highest BCUT2D eigenvalue weighted by atomic mass is 19.1. The highest BCUT2D eigenvalue weighted by molar-refractivity contribution is 5.28. The van der Waals surface area contributed by atoms with Crippen LogP contribution >= 0.6 is 0 Å². The first kappa shape index (κ1) is 15.1. The van der Waals surface area contributed by atoms with Crippen LogP contribution in [0.4, 0.5) is 4.39 Å². The molecule has 0 saturated heterocycles. The monoisotopic (exact) mass is 253 g/mol. The van der Waals surface area contributed by atoms with E-state index in [4.69, 9.17) is 4.74 Å². The van der Waals surface area contributed by atoms with Crippen molar-refractivity contribution < 1.29 is 9.13 Å². The van der Waals surface area contributed by atoms with Gasteiger partial charge in [-0.1, -0.05) is 24.6 Å². The fourth-order valence-corrected chi connectivity index (χ4v) is 2.27. The number of halogens is 1. The van der Waals surface area contributed by atoms with Gasteiger partial charge < -0.3 is 10.1 Å². The summed E-state index contributed by atoms with van der Waals surface area (Å²) in [5.74, 6) is -0.181. The first-order chi connectivity index (χ1) is 8.42. The Bertz CT molecular complexity index is 390. The predicted octanol–water partition coefficient (Wildman–Crippen LogP) is 3.60. The molecule has 0 bridgehead atoms. The van der Waals surface area contributed by atoms with E-state index in [0.717, 1.165) is 12.1 Å². The van der Waals surface area contributed by atoms with Crippen LogP contribution in [0.25, 0.3) is 0 Å². The second-order valence-electron chi connectivity index (χ2n) is 5.05. The second-order valence-corrected chi connectivity index (χ2v) is 5.05. The van der Waals surface area contributed by atoms with E-state index in [-0.39, 0.29) is 11.9 Å². The van der Waals surface area contributed by atoms with Crippen LogP contribution in [0.5, 0.6) is 0 Å². The molecule has 0 aliphatic heterocycles. The van der Waals surface area contributed by atoms with Crippen LogP contribution in [0.3, 0.4) is 0 Å². The lowest BCUT2D eigenvalue weighted by Gasteiger charge is -2.35. The van der Waals surface area contributed by atoms with Crippen molar-refractivity contribution in [1.29, 1.82) is 0 Å². The molecule has 3 heteroatoms. The number of ether oxygens (including phenoxy) is 1. The highest BCUT2D eigenvalue weighted by Gasteiger charge is 2.32. The molecule has 0 saturated carbocycles. The van der Waals surface area contributed by atoms with Gasteiger partial charge in [0.1, 0.15) is 5.82 Å². The maximum atomic E-state index is 14.0. The van der Waals surface area contributed by atoms with Crippen LogP contribution in [0.2, 0.25) is 0 Å². The number of nitrogens with one attached hydrogen (secondary N) is 1. The summed E-state index contributed by atoms with van der Waals surface area (Å²) in [4.78, 5) is 0. The molecular formula is C15H24FNO. The third-order valence-electron chi connectivity index (χ3n) is 3.08. The van der Waals surface area contributed by atoms with Crippen molar-refractivity contribution >= 4 is 0 Å². The maximum absolute atomic E-state index is 14.0. The van der Waals surface area contributed by atoms with Crippen molar-refractivity contribution in [2.75, 3.05) is 13.2 Å². The summed E-state index contributed by atoms with van der Waals surface area (Å²) < 4.78 is 19.8. The van der Waals surface area contributed by atoms with Gasteiger partial charge >= 0.3 is 0 Å². The summed E-state index contributed by atoms with van der Waals surface area (Å²) in [5.41, 5.74) is 1.29. The summed E-state index contributed by atoms with van der Waals surface area (Å²) in [6.45, 7) is 11.3. The quantitative estimate of drug-likeness (QED) is 0.836.